The van der Waals surface area contributed by atoms with Crippen LogP contribution in [-0.4, -0.2) is 58.8 Å². The molecular weight excluding hydrogens is 482 g/mol. The van der Waals surface area contributed by atoms with Crippen LogP contribution in [0.5, 0.6) is 0 Å². The Labute approximate surface area is 219 Å². The largest absolute Gasteiger partial charge is 0.403 e. The Morgan fingerprint density at radius 2 is 1.84 bits per heavy atom. The Hall–Kier alpha value is -4.57. The highest BCUT2D eigenvalue weighted by Gasteiger charge is 2.28. The number of para-hydroxylation sites is 1. The average molecular weight is 510 g/mol. The predicted molar refractivity (Wildman–Crippen MR) is 144 cm³/mol. The summed E-state index contributed by atoms with van der Waals surface area (Å²) in [6, 6.07) is 21.2. The van der Waals surface area contributed by atoms with Gasteiger partial charge in [0.15, 0.2) is 0 Å². The van der Waals surface area contributed by atoms with Crippen LogP contribution in [0.15, 0.2) is 82.3 Å². The van der Waals surface area contributed by atoms with Crippen molar-refractivity contribution in [3.05, 3.63) is 84.1 Å². The van der Waals surface area contributed by atoms with Gasteiger partial charge in [-0.15, -0.1) is 5.10 Å². The van der Waals surface area contributed by atoms with E-state index >= 15 is 0 Å². The van der Waals surface area contributed by atoms with Crippen molar-refractivity contribution in [2.75, 3.05) is 35.2 Å². The molecule has 2 aromatic heterocycles. The Balaban J connectivity index is 1.30. The van der Waals surface area contributed by atoms with E-state index in [1.54, 1.807) is 6.20 Å². The fourth-order valence-corrected chi connectivity index (χ4v) is 4.66. The molecule has 4 aromatic rings. The molecule has 1 fully saturated rings. The number of hydrogen-bond donors (Lipinski definition) is 2. The number of ether oxygens (including phenoxy) is 1. The lowest BCUT2D eigenvalue weighted by atomic mass is 10.0. The third-order valence-corrected chi connectivity index (χ3v) is 6.59. The Morgan fingerprint density at radius 1 is 1.03 bits per heavy atom. The molecule has 0 spiro atoms. The number of amides is 1. The Bertz CT molecular complexity index is 1470. The average Bonchev–Trinajstić information content (AvgIpc) is 3.39. The van der Waals surface area contributed by atoms with Crippen LogP contribution in [0.3, 0.4) is 0 Å². The van der Waals surface area contributed by atoms with Gasteiger partial charge in [-0.3, -0.25) is 4.79 Å². The molecule has 0 aliphatic carbocycles. The molecule has 2 aliphatic heterocycles. The van der Waals surface area contributed by atoms with Gasteiger partial charge in [-0.2, -0.15) is 0 Å². The minimum atomic E-state index is -0.983. The van der Waals surface area contributed by atoms with E-state index < -0.39 is 6.17 Å². The molecule has 0 bridgehead atoms. The zero-order valence-corrected chi connectivity index (χ0v) is 20.9. The number of fused-ring (bicyclic) bond motifs is 1. The summed E-state index contributed by atoms with van der Waals surface area (Å²) in [6.07, 6.45) is 1.83. The fourth-order valence-electron chi connectivity index (χ4n) is 4.66. The number of nitrogens with zero attached hydrogens (tertiary/aromatic N) is 5. The van der Waals surface area contributed by atoms with E-state index in [0.29, 0.717) is 23.9 Å². The van der Waals surface area contributed by atoms with Crippen molar-refractivity contribution < 1.29 is 13.9 Å². The highest BCUT2D eigenvalue weighted by atomic mass is 16.5. The van der Waals surface area contributed by atoms with Crippen molar-refractivity contribution in [3.63, 3.8) is 0 Å². The first kappa shape index (κ1) is 23.8. The smallest absolute Gasteiger partial charge is 0.317 e. The first-order valence-electron chi connectivity index (χ1n) is 12.6. The van der Waals surface area contributed by atoms with Crippen molar-refractivity contribution in [2.24, 2.45) is 4.99 Å². The fraction of sp³-hybridized carbons (Fsp3) is 0.250. The lowest BCUT2D eigenvalue weighted by molar-refractivity contribution is -0.116. The second-order valence-corrected chi connectivity index (χ2v) is 9.06. The monoisotopic (exact) mass is 509 g/mol. The molecule has 6 rings (SSSR count). The molecule has 0 saturated carbocycles. The standard InChI is InChI=1S/C28H27N7O3/c1-2-19-17-35(15-16-37-19)25-21(12-8-14-29-25)27-33-34-28(38-27)32-24-26(36)30-22-13-7-6-11-20(22)23(31-24)18-9-4-3-5-10-18/h3-14,19,24H,2,15-17H2,1H3,(H,30,36)(H,32,34)/t19-,24?/m0/s1. The van der Waals surface area contributed by atoms with Gasteiger partial charge in [0.2, 0.25) is 6.17 Å². The number of carbonyl (C=O) groups excluding carboxylic acids is 1. The number of anilines is 3. The molecule has 1 amide bonds. The van der Waals surface area contributed by atoms with Gasteiger partial charge in [0.1, 0.15) is 5.82 Å². The Kier molecular flexibility index (Phi) is 6.53. The lowest BCUT2D eigenvalue weighted by Gasteiger charge is -2.33. The second kappa shape index (κ2) is 10.4. The molecule has 38 heavy (non-hydrogen) atoms. The van der Waals surface area contributed by atoms with Gasteiger partial charge >= 0.3 is 6.01 Å². The van der Waals surface area contributed by atoms with E-state index in [1.165, 1.54) is 0 Å². The SMILES string of the molecule is CC[C@H]1CN(c2ncccc2-c2nnc(NC3N=C(c4ccccc4)c4ccccc4NC3=O)o2)CCO1. The van der Waals surface area contributed by atoms with E-state index in [0.717, 1.165) is 42.0 Å². The number of pyridine rings is 1. The molecule has 1 saturated heterocycles. The maximum absolute atomic E-state index is 13.2. The maximum Gasteiger partial charge on any atom is 0.317 e. The molecule has 4 heterocycles. The first-order chi connectivity index (χ1) is 18.7. The van der Waals surface area contributed by atoms with Crippen LogP contribution in [0, 0.1) is 0 Å². The topological polar surface area (TPSA) is 118 Å². The normalized spacial score (nSPS) is 19.2. The Morgan fingerprint density at radius 3 is 2.71 bits per heavy atom. The van der Waals surface area contributed by atoms with Gasteiger partial charge in [0.05, 0.1) is 29.7 Å². The van der Waals surface area contributed by atoms with E-state index in [1.807, 2.05) is 66.7 Å². The van der Waals surface area contributed by atoms with Crippen molar-refractivity contribution in [1.82, 2.24) is 15.2 Å². The number of morpholine rings is 1. The zero-order chi connectivity index (χ0) is 25.9. The van der Waals surface area contributed by atoms with Gasteiger partial charge in [-0.25, -0.2) is 9.98 Å². The van der Waals surface area contributed by atoms with Crippen LogP contribution in [-0.2, 0) is 9.53 Å². The van der Waals surface area contributed by atoms with Crippen LogP contribution in [0.25, 0.3) is 11.5 Å². The first-order valence-corrected chi connectivity index (χ1v) is 12.6. The molecule has 2 atom stereocenters. The molecular formula is C28H27N7O3. The number of aromatic nitrogens is 3. The quantitative estimate of drug-likeness (QED) is 0.401. The number of nitrogens with one attached hydrogen (secondary N) is 2. The highest BCUT2D eigenvalue weighted by Crippen LogP contribution is 2.31. The van der Waals surface area contributed by atoms with Crippen molar-refractivity contribution in [2.45, 2.75) is 25.6 Å². The van der Waals surface area contributed by atoms with Gasteiger partial charge < -0.3 is 24.7 Å². The summed E-state index contributed by atoms with van der Waals surface area (Å²) in [5, 5.41) is 14.4. The molecule has 2 aromatic carbocycles. The van der Waals surface area contributed by atoms with E-state index in [9.17, 15) is 4.79 Å². The maximum atomic E-state index is 13.2. The van der Waals surface area contributed by atoms with Crippen molar-refractivity contribution in [1.29, 1.82) is 0 Å². The predicted octanol–water partition coefficient (Wildman–Crippen LogP) is 3.97. The molecule has 2 aliphatic rings. The number of hydrogen-bond acceptors (Lipinski definition) is 9. The third kappa shape index (κ3) is 4.73. The molecule has 10 nitrogen and oxygen atoms in total. The summed E-state index contributed by atoms with van der Waals surface area (Å²) in [7, 11) is 0. The molecule has 10 heteroatoms. The number of benzodiazepines with no additional fused rings is 1. The minimum absolute atomic E-state index is 0.0884. The highest BCUT2D eigenvalue weighted by molar-refractivity contribution is 6.19. The number of rotatable bonds is 6. The van der Waals surface area contributed by atoms with E-state index in [2.05, 4.69) is 37.6 Å². The van der Waals surface area contributed by atoms with Crippen LogP contribution < -0.4 is 15.5 Å². The van der Waals surface area contributed by atoms with E-state index in [4.69, 9.17) is 14.1 Å². The summed E-state index contributed by atoms with van der Waals surface area (Å²) in [6.45, 7) is 4.20. The molecule has 2 N–H and O–H groups in total. The molecule has 0 radical (unpaired) electrons. The second-order valence-electron chi connectivity index (χ2n) is 9.06. The number of carbonyl (C=O) groups is 1. The molecule has 1 unspecified atom stereocenters. The summed E-state index contributed by atoms with van der Waals surface area (Å²) in [5.74, 6) is 0.736. The van der Waals surface area contributed by atoms with Gasteiger partial charge in [0, 0.05) is 30.4 Å². The zero-order valence-electron chi connectivity index (χ0n) is 20.9. The lowest BCUT2D eigenvalue weighted by Crippen LogP contribution is -2.42. The van der Waals surface area contributed by atoms with E-state index in [-0.39, 0.29) is 18.0 Å². The van der Waals surface area contributed by atoms with Crippen LogP contribution in [0.4, 0.5) is 17.5 Å². The summed E-state index contributed by atoms with van der Waals surface area (Å²) in [5.41, 5.74) is 3.82. The van der Waals surface area contributed by atoms with Crippen LogP contribution in [0.2, 0.25) is 0 Å². The van der Waals surface area contributed by atoms with Crippen LogP contribution >= 0.6 is 0 Å². The minimum Gasteiger partial charge on any atom is -0.403 e. The van der Waals surface area contributed by atoms with Crippen LogP contribution in [0.1, 0.15) is 24.5 Å². The molecule has 192 valence electrons. The van der Waals surface area contributed by atoms with Gasteiger partial charge in [-0.1, -0.05) is 60.6 Å². The number of aliphatic imine (C=N–C) groups is 1. The van der Waals surface area contributed by atoms with Crippen molar-refractivity contribution in [3.8, 4) is 11.5 Å². The van der Waals surface area contributed by atoms with Gasteiger partial charge in [0.25, 0.3) is 11.8 Å². The summed E-state index contributed by atoms with van der Waals surface area (Å²) < 4.78 is 11.8. The number of benzene rings is 2. The van der Waals surface area contributed by atoms with Gasteiger partial charge in [-0.05, 0) is 24.6 Å². The summed E-state index contributed by atoms with van der Waals surface area (Å²) in [4.78, 5) is 24.7. The summed E-state index contributed by atoms with van der Waals surface area (Å²) >= 11 is 0. The van der Waals surface area contributed by atoms with Crippen molar-refractivity contribution >= 4 is 29.1 Å². The third-order valence-electron chi connectivity index (χ3n) is 6.59.